The molecule has 0 unspecified atom stereocenters. The smallest absolute Gasteiger partial charge is 0.127 e. The van der Waals surface area contributed by atoms with Crippen molar-refractivity contribution in [3.63, 3.8) is 0 Å². The summed E-state index contributed by atoms with van der Waals surface area (Å²) in [5.74, 6) is 0.117. The first kappa shape index (κ1) is 23.6. The van der Waals surface area contributed by atoms with Crippen LogP contribution in [-0.4, -0.2) is 10.2 Å². The van der Waals surface area contributed by atoms with Gasteiger partial charge in [0.25, 0.3) is 0 Å². The van der Waals surface area contributed by atoms with E-state index in [1.807, 2.05) is 97.1 Å². The zero-order chi connectivity index (χ0) is 25.9. The van der Waals surface area contributed by atoms with E-state index in [1.54, 1.807) is 0 Å². The Morgan fingerprint density at radius 2 is 0.579 bits per heavy atom. The van der Waals surface area contributed by atoms with Gasteiger partial charge in [-0.2, -0.15) is 0 Å². The average molecular weight is 493 g/mol. The molecule has 0 bridgehead atoms. The van der Waals surface area contributed by atoms with E-state index in [9.17, 15) is 10.2 Å². The summed E-state index contributed by atoms with van der Waals surface area (Å²) in [4.78, 5) is 0. The summed E-state index contributed by atoms with van der Waals surface area (Å²) in [6.45, 7) is 0. The molecule has 0 amide bonds. The lowest BCUT2D eigenvalue weighted by Crippen LogP contribution is -2.05. The van der Waals surface area contributed by atoms with Crippen LogP contribution in [-0.2, 0) is 0 Å². The standard InChI is InChI=1S/C36H28O2/c37-35-29-22-24-32(34(27-17-9-3-10-18-27)28-19-11-4-12-20-28)36(38)30(29)21-23-31(35)33(25-13-5-1-6-14-25)26-15-7-2-8-16-26/h1-24,33-34,37-38H. The van der Waals surface area contributed by atoms with Crippen molar-refractivity contribution in [3.05, 3.63) is 179 Å². The van der Waals surface area contributed by atoms with Gasteiger partial charge in [0, 0.05) is 33.7 Å². The molecule has 2 N–H and O–H groups in total. The van der Waals surface area contributed by atoms with Crippen molar-refractivity contribution < 1.29 is 10.2 Å². The van der Waals surface area contributed by atoms with E-state index in [-0.39, 0.29) is 23.3 Å². The molecule has 2 heteroatoms. The van der Waals surface area contributed by atoms with Crippen LogP contribution in [0.15, 0.2) is 146 Å². The molecule has 6 aromatic rings. The van der Waals surface area contributed by atoms with Gasteiger partial charge in [0.1, 0.15) is 11.5 Å². The highest BCUT2D eigenvalue weighted by Gasteiger charge is 2.25. The SMILES string of the molecule is Oc1c(C(c2ccccc2)c2ccccc2)ccc2c(O)c(C(c3ccccc3)c3ccccc3)ccc12. The van der Waals surface area contributed by atoms with Gasteiger partial charge < -0.3 is 10.2 Å². The number of phenols is 2. The van der Waals surface area contributed by atoms with E-state index in [4.69, 9.17) is 0 Å². The summed E-state index contributed by atoms with van der Waals surface area (Å²) < 4.78 is 0. The van der Waals surface area contributed by atoms with Gasteiger partial charge in [0.05, 0.1) is 0 Å². The molecule has 0 spiro atoms. The molecule has 184 valence electrons. The van der Waals surface area contributed by atoms with Crippen molar-refractivity contribution in [3.8, 4) is 11.5 Å². The minimum Gasteiger partial charge on any atom is -0.507 e. The summed E-state index contributed by atoms with van der Waals surface area (Å²) in [6.07, 6.45) is 0. The van der Waals surface area contributed by atoms with Crippen LogP contribution in [0.2, 0.25) is 0 Å². The summed E-state index contributed by atoms with van der Waals surface area (Å²) in [7, 11) is 0. The zero-order valence-corrected chi connectivity index (χ0v) is 20.9. The van der Waals surface area contributed by atoms with Crippen LogP contribution in [0.5, 0.6) is 11.5 Å². The fourth-order valence-electron chi connectivity index (χ4n) is 5.56. The maximum absolute atomic E-state index is 11.6. The van der Waals surface area contributed by atoms with Crippen molar-refractivity contribution in [1.82, 2.24) is 0 Å². The quantitative estimate of drug-likeness (QED) is 0.229. The molecule has 0 heterocycles. The van der Waals surface area contributed by atoms with E-state index in [0.29, 0.717) is 10.8 Å². The summed E-state index contributed by atoms with van der Waals surface area (Å²) in [5.41, 5.74) is 6.02. The maximum atomic E-state index is 11.6. The Morgan fingerprint density at radius 1 is 0.316 bits per heavy atom. The third-order valence-electron chi connectivity index (χ3n) is 7.36. The van der Waals surface area contributed by atoms with E-state index in [2.05, 4.69) is 48.5 Å². The van der Waals surface area contributed by atoms with Crippen molar-refractivity contribution in [2.75, 3.05) is 0 Å². The lowest BCUT2D eigenvalue weighted by atomic mass is 9.81. The molecule has 0 atom stereocenters. The molecule has 0 fully saturated rings. The molecule has 0 aromatic heterocycles. The second-order valence-corrected chi connectivity index (χ2v) is 9.61. The molecule has 0 aliphatic rings. The topological polar surface area (TPSA) is 40.5 Å². The predicted molar refractivity (Wildman–Crippen MR) is 155 cm³/mol. The molecule has 0 radical (unpaired) electrons. The van der Waals surface area contributed by atoms with Crippen molar-refractivity contribution in [1.29, 1.82) is 0 Å². The van der Waals surface area contributed by atoms with E-state index in [0.717, 1.165) is 33.4 Å². The highest BCUT2D eigenvalue weighted by atomic mass is 16.3. The Kier molecular flexibility index (Phi) is 6.37. The normalized spacial score (nSPS) is 11.3. The highest BCUT2D eigenvalue weighted by molar-refractivity contribution is 5.95. The number of benzene rings is 6. The third-order valence-corrected chi connectivity index (χ3v) is 7.36. The molecular weight excluding hydrogens is 464 g/mol. The van der Waals surface area contributed by atoms with Crippen LogP contribution >= 0.6 is 0 Å². The Bertz CT molecular complexity index is 1450. The van der Waals surface area contributed by atoms with E-state index >= 15 is 0 Å². The number of fused-ring (bicyclic) bond motifs is 1. The van der Waals surface area contributed by atoms with Crippen LogP contribution < -0.4 is 0 Å². The van der Waals surface area contributed by atoms with Gasteiger partial charge in [0.15, 0.2) is 0 Å². The summed E-state index contributed by atoms with van der Waals surface area (Å²) in [6, 6.07) is 48.7. The Hall–Kier alpha value is -4.82. The van der Waals surface area contributed by atoms with Crippen molar-refractivity contribution in [2.24, 2.45) is 0 Å². The first-order valence-electron chi connectivity index (χ1n) is 12.9. The lowest BCUT2D eigenvalue weighted by Gasteiger charge is -2.23. The van der Waals surface area contributed by atoms with Gasteiger partial charge in [-0.3, -0.25) is 0 Å². The minimum atomic E-state index is -0.134. The first-order valence-corrected chi connectivity index (χ1v) is 12.9. The Morgan fingerprint density at radius 3 is 0.842 bits per heavy atom. The second kappa shape index (κ2) is 10.3. The number of aromatic hydroxyl groups is 2. The largest absolute Gasteiger partial charge is 0.507 e. The molecule has 6 aromatic carbocycles. The molecule has 0 saturated carbocycles. The average Bonchev–Trinajstić information content (AvgIpc) is 2.98. The fourth-order valence-corrected chi connectivity index (χ4v) is 5.56. The highest BCUT2D eigenvalue weighted by Crippen LogP contribution is 2.45. The fraction of sp³-hybridized carbons (Fsp3) is 0.0556. The lowest BCUT2D eigenvalue weighted by molar-refractivity contribution is 0.467. The van der Waals surface area contributed by atoms with Crippen LogP contribution in [0.25, 0.3) is 10.8 Å². The number of hydrogen-bond acceptors (Lipinski definition) is 2. The van der Waals surface area contributed by atoms with Gasteiger partial charge in [-0.25, -0.2) is 0 Å². The monoisotopic (exact) mass is 492 g/mol. The van der Waals surface area contributed by atoms with Crippen LogP contribution in [0.4, 0.5) is 0 Å². The molecular formula is C36H28O2. The molecule has 0 saturated heterocycles. The maximum Gasteiger partial charge on any atom is 0.127 e. The number of hydrogen-bond donors (Lipinski definition) is 2. The summed E-state index contributed by atoms with van der Waals surface area (Å²) >= 11 is 0. The van der Waals surface area contributed by atoms with Crippen LogP contribution in [0.3, 0.4) is 0 Å². The van der Waals surface area contributed by atoms with Gasteiger partial charge >= 0.3 is 0 Å². The number of rotatable bonds is 6. The minimum absolute atomic E-state index is 0.134. The number of phenolic OH excluding ortho intramolecular Hbond substituents is 2. The van der Waals surface area contributed by atoms with Crippen molar-refractivity contribution in [2.45, 2.75) is 11.8 Å². The Balaban J connectivity index is 1.52. The van der Waals surface area contributed by atoms with Gasteiger partial charge in [0.2, 0.25) is 0 Å². The molecule has 0 aliphatic heterocycles. The van der Waals surface area contributed by atoms with Crippen molar-refractivity contribution >= 4 is 10.8 Å². The Labute approximate surface area is 223 Å². The van der Waals surface area contributed by atoms with Crippen LogP contribution in [0.1, 0.15) is 45.2 Å². The molecule has 0 aliphatic carbocycles. The second-order valence-electron chi connectivity index (χ2n) is 9.61. The third kappa shape index (κ3) is 4.31. The van der Waals surface area contributed by atoms with E-state index in [1.165, 1.54) is 0 Å². The zero-order valence-electron chi connectivity index (χ0n) is 20.9. The van der Waals surface area contributed by atoms with Gasteiger partial charge in [-0.15, -0.1) is 0 Å². The molecule has 6 rings (SSSR count). The van der Waals surface area contributed by atoms with Gasteiger partial charge in [-0.05, 0) is 22.3 Å². The molecule has 2 nitrogen and oxygen atoms in total. The van der Waals surface area contributed by atoms with Gasteiger partial charge in [-0.1, -0.05) is 146 Å². The predicted octanol–water partition coefficient (Wildman–Crippen LogP) is 8.61. The van der Waals surface area contributed by atoms with E-state index < -0.39 is 0 Å². The first-order chi connectivity index (χ1) is 18.7. The van der Waals surface area contributed by atoms with Crippen LogP contribution in [0, 0.1) is 0 Å². The summed E-state index contributed by atoms with van der Waals surface area (Å²) in [5, 5.41) is 24.5. The molecule has 38 heavy (non-hydrogen) atoms.